The van der Waals surface area contributed by atoms with E-state index >= 15 is 0 Å². The van der Waals surface area contributed by atoms with Gasteiger partial charge in [0.1, 0.15) is 5.69 Å². The van der Waals surface area contributed by atoms with E-state index in [4.69, 9.17) is 10.00 Å². The molecule has 2 aromatic rings. The maximum atomic E-state index is 12.5. The van der Waals surface area contributed by atoms with Gasteiger partial charge in [-0.1, -0.05) is 12.1 Å². The van der Waals surface area contributed by atoms with E-state index in [2.05, 4.69) is 11.4 Å². The second kappa shape index (κ2) is 8.29. The van der Waals surface area contributed by atoms with Crippen LogP contribution >= 0.6 is 0 Å². The second-order valence-corrected chi connectivity index (χ2v) is 6.05. The van der Waals surface area contributed by atoms with Crippen LogP contribution in [0.3, 0.4) is 0 Å². The van der Waals surface area contributed by atoms with E-state index in [1.165, 1.54) is 6.07 Å². The number of nitriles is 1. The Morgan fingerprint density at radius 3 is 2.56 bits per heavy atom. The molecule has 0 bridgehead atoms. The molecule has 1 heterocycles. The van der Waals surface area contributed by atoms with Crippen molar-refractivity contribution in [2.45, 2.75) is 6.42 Å². The molecule has 8 nitrogen and oxygen atoms in total. The van der Waals surface area contributed by atoms with Gasteiger partial charge >= 0.3 is 0 Å². The first-order chi connectivity index (χ1) is 13.1. The lowest BCUT2D eigenvalue weighted by Gasteiger charge is -2.28. The highest BCUT2D eigenvalue weighted by atomic mass is 16.6. The number of nitro groups is 1. The molecule has 0 spiro atoms. The van der Waals surface area contributed by atoms with Crippen molar-refractivity contribution in [2.24, 2.45) is 0 Å². The van der Waals surface area contributed by atoms with Crippen molar-refractivity contribution in [1.82, 2.24) is 0 Å². The number of rotatable bonds is 5. The fourth-order valence-electron chi connectivity index (χ4n) is 2.88. The van der Waals surface area contributed by atoms with Crippen LogP contribution in [-0.2, 0) is 11.2 Å². The number of amides is 1. The lowest BCUT2D eigenvalue weighted by molar-refractivity contribution is -0.384. The molecular weight excluding hydrogens is 348 g/mol. The third-order valence-electron chi connectivity index (χ3n) is 4.28. The van der Waals surface area contributed by atoms with Gasteiger partial charge in [0.25, 0.3) is 11.6 Å². The van der Waals surface area contributed by atoms with Gasteiger partial charge < -0.3 is 15.0 Å². The number of hydrogen-bond acceptors (Lipinski definition) is 6. The van der Waals surface area contributed by atoms with Crippen molar-refractivity contribution in [1.29, 1.82) is 5.26 Å². The molecule has 1 fully saturated rings. The highest BCUT2D eigenvalue weighted by Crippen LogP contribution is 2.30. The summed E-state index contributed by atoms with van der Waals surface area (Å²) in [5.41, 5.74) is 2.00. The first kappa shape index (κ1) is 18.4. The molecule has 2 aromatic carbocycles. The third-order valence-corrected chi connectivity index (χ3v) is 4.28. The SMILES string of the molecule is N#CCc1ccc(NC(=O)c2ccc(N3CCOCC3)c([N+](=O)[O-])c2)cc1. The van der Waals surface area contributed by atoms with E-state index in [9.17, 15) is 14.9 Å². The molecule has 27 heavy (non-hydrogen) atoms. The Labute approximate surface area is 156 Å². The first-order valence-corrected chi connectivity index (χ1v) is 8.47. The zero-order valence-electron chi connectivity index (χ0n) is 14.6. The summed E-state index contributed by atoms with van der Waals surface area (Å²) in [7, 11) is 0. The molecule has 1 saturated heterocycles. The smallest absolute Gasteiger partial charge is 0.293 e. The standard InChI is InChI=1S/C19H18N4O4/c20-8-7-14-1-4-16(5-2-14)21-19(24)15-3-6-17(18(13-15)23(25)26)22-9-11-27-12-10-22/h1-6,13H,7,9-12H2,(H,21,24). The normalized spacial score (nSPS) is 13.7. The molecule has 0 unspecified atom stereocenters. The zero-order valence-corrected chi connectivity index (χ0v) is 14.6. The lowest BCUT2D eigenvalue weighted by atomic mass is 10.1. The van der Waals surface area contributed by atoms with Gasteiger partial charge in [0, 0.05) is 30.4 Å². The maximum absolute atomic E-state index is 12.5. The van der Waals surface area contributed by atoms with Crippen molar-refractivity contribution in [2.75, 3.05) is 36.5 Å². The number of ether oxygens (including phenoxy) is 1. The van der Waals surface area contributed by atoms with Gasteiger partial charge in [0.05, 0.1) is 30.6 Å². The molecule has 8 heteroatoms. The highest BCUT2D eigenvalue weighted by molar-refractivity contribution is 6.05. The number of morpholine rings is 1. The van der Waals surface area contributed by atoms with Gasteiger partial charge in [-0.2, -0.15) is 5.26 Å². The van der Waals surface area contributed by atoms with Gasteiger partial charge in [-0.15, -0.1) is 0 Å². The van der Waals surface area contributed by atoms with Crippen molar-refractivity contribution < 1.29 is 14.5 Å². The fraction of sp³-hybridized carbons (Fsp3) is 0.263. The quantitative estimate of drug-likeness (QED) is 0.644. The summed E-state index contributed by atoms with van der Waals surface area (Å²) in [6.45, 7) is 2.17. The number of carbonyl (C=O) groups excluding carboxylic acids is 1. The molecule has 0 saturated carbocycles. The van der Waals surface area contributed by atoms with Crippen molar-refractivity contribution in [3.63, 3.8) is 0 Å². The minimum absolute atomic E-state index is 0.103. The Hall–Kier alpha value is -3.44. The van der Waals surface area contributed by atoms with Crippen LogP contribution in [-0.4, -0.2) is 37.1 Å². The molecule has 0 aliphatic carbocycles. The number of nitrogens with one attached hydrogen (secondary N) is 1. The molecule has 1 N–H and O–H groups in total. The molecule has 0 aromatic heterocycles. The summed E-state index contributed by atoms with van der Waals surface area (Å²) in [6, 6.07) is 13.4. The molecule has 0 atom stereocenters. The third kappa shape index (κ3) is 4.40. The Bertz CT molecular complexity index is 884. The zero-order chi connectivity index (χ0) is 19.2. The predicted molar refractivity (Wildman–Crippen MR) is 99.8 cm³/mol. The summed E-state index contributed by atoms with van der Waals surface area (Å²) < 4.78 is 5.28. The molecule has 1 amide bonds. The Morgan fingerprint density at radius 1 is 1.22 bits per heavy atom. The van der Waals surface area contributed by atoms with Crippen LogP contribution in [0.1, 0.15) is 15.9 Å². The largest absolute Gasteiger partial charge is 0.378 e. The maximum Gasteiger partial charge on any atom is 0.293 e. The summed E-state index contributed by atoms with van der Waals surface area (Å²) in [6.07, 6.45) is 0.295. The summed E-state index contributed by atoms with van der Waals surface area (Å²) in [5, 5.41) is 22.9. The summed E-state index contributed by atoms with van der Waals surface area (Å²) >= 11 is 0. The molecule has 1 aliphatic rings. The number of nitrogens with zero attached hydrogens (tertiary/aromatic N) is 3. The monoisotopic (exact) mass is 366 g/mol. The molecule has 0 radical (unpaired) electrons. The topological polar surface area (TPSA) is 108 Å². The predicted octanol–water partition coefficient (Wildman–Crippen LogP) is 2.75. The average Bonchev–Trinajstić information content (AvgIpc) is 2.70. The van der Waals surface area contributed by atoms with E-state index in [1.54, 1.807) is 36.4 Å². The van der Waals surface area contributed by atoms with Crippen molar-refractivity contribution in [3.8, 4) is 6.07 Å². The first-order valence-electron chi connectivity index (χ1n) is 8.47. The van der Waals surface area contributed by atoms with Gasteiger partial charge in [-0.25, -0.2) is 0 Å². The Balaban J connectivity index is 1.79. The van der Waals surface area contributed by atoms with Crippen LogP contribution in [0.15, 0.2) is 42.5 Å². The van der Waals surface area contributed by atoms with Gasteiger partial charge in [-0.05, 0) is 29.8 Å². The Kier molecular flexibility index (Phi) is 5.64. The second-order valence-electron chi connectivity index (χ2n) is 6.05. The molecule has 1 aliphatic heterocycles. The fourth-order valence-corrected chi connectivity index (χ4v) is 2.88. The van der Waals surface area contributed by atoms with E-state index in [0.29, 0.717) is 44.1 Å². The van der Waals surface area contributed by atoms with Crippen LogP contribution in [0.25, 0.3) is 0 Å². The lowest BCUT2D eigenvalue weighted by Crippen LogP contribution is -2.36. The molecule has 3 rings (SSSR count). The number of carbonyl (C=O) groups is 1. The van der Waals surface area contributed by atoms with Crippen molar-refractivity contribution >= 4 is 23.0 Å². The summed E-state index contributed by atoms with van der Waals surface area (Å²) in [5.74, 6) is -0.431. The van der Waals surface area contributed by atoms with Crippen LogP contribution in [0.5, 0.6) is 0 Å². The number of nitro benzene ring substituents is 1. The van der Waals surface area contributed by atoms with E-state index in [0.717, 1.165) is 5.56 Å². The van der Waals surface area contributed by atoms with Gasteiger partial charge in [0.15, 0.2) is 0 Å². The van der Waals surface area contributed by atoms with Crippen LogP contribution in [0.4, 0.5) is 17.1 Å². The van der Waals surface area contributed by atoms with Gasteiger partial charge in [0.2, 0.25) is 0 Å². The van der Waals surface area contributed by atoms with Crippen molar-refractivity contribution in [3.05, 3.63) is 63.7 Å². The van der Waals surface area contributed by atoms with E-state index in [1.807, 2.05) is 4.90 Å². The molecule has 138 valence electrons. The number of anilines is 2. The minimum atomic E-state index is -0.474. The van der Waals surface area contributed by atoms with Crippen LogP contribution in [0, 0.1) is 21.4 Å². The average molecular weight is 366 g/mol. The highest BCUT2D eigenvalue weighted by Gasteiger charge is 2.23. The van der Waals surface area contributed by atoms with Crippen LogP contribution in [0.2, 0.25) is 0 Å². The number of benzene rings is 2. The van der Waals surface area contributed by atoms with E-state index in [-0.39, 0.29) is 11.3 Å². The minimum Gasteiger partial charge on any atom is -0.378 e. The Morgan fingerprint density at radius 2 is 1.93 bits per heavy atom. The molecular formula is C19H18N4O4. The van der Waals surface area contributed by atoms with Crippen LogP contribution < -0.4 is 10.2 Å². The van der Waals surface area contributed by atoms with E-state index < -0.39 is 10.8 Å². The van der Waals surface area contributed by atoms with Gasteiger partial charge in [-0.3, -0.25) is 14.9 Å². The summed E-state index contributed by atoms with van der Waals surface area (Å²) in [4.78, 5) is 25.4. The number of hydrogen-bond donors (Lipinski definition) is 1.